The van der Waals surface area contributed by atoms with E-state index < -0.39 is 53.6 Å². The van der Waals surface area contributed by atoms with Crippen LogP contribution in [0.1, 0.15) is 50.2 Å². The molecule has 0 unspecified atom stereocenters. The number of benzene rings is 2. The lowest BCUT2D eigenvalue weighted by Crippen LogP contribution is -2.58. The van der Waals surface area contributed by atoms with E-state index in [4.69, 9.17) is 22.9 Å². The van der Waals surface area contributed by atoms with Gasteiger partial charge in [0, 0.05) is 13.0 Å². The topological polar surface area (TPSA) is 221 Å². The molecule has 2 aromatic rings. The van der Waals surface area contributed by atoms with Gasteiger partial charge in [0.2, 0.25) is 23.6 Å². The van der Waals surface area contributed by atoms with Crippen molar-refractivity contribution in [2.75, 3.05) is 6.54 Å². The minimum absolute atomic E-state index is 0.0206. The number of amides is 4. The van der Waals surface area contributed by atoms with Crippen molar-refractivity contribution in [1.29, 1.82) is 0 Å². The average molecular weight is 599 g/mol. The van der Waals surface area contributed by atoms with E-state index in [9.17, 15) is 23.6 Å². The third-order valence-electron chi connectivity index (χ3n) is 6.71. The predicted octanol–water partition coefficient (Wildman–Crippen LogP) is 0.122. The molecule has 0 saturated heterocycles. The summed E-state index contributed by atoms with van der Waals surface area (Å²) in [6.07, 6.45) is 2.45. The molecule has 2 aromatic carbocycles. The third-order valence-corrected chi connectivity index (χ3v) is 6.71. The molecule has 0 aromatic heterocycles. The number of nitrogens with zero attached hydrogens (tertiary/aromatic N) is 1. The van der Waals surface area contributed by atoms with Crippen LogP contribution in [0.5, 0.6) is 0 Å². The summed E-state index contributed by atoms with van der Waals surface area (Å²) in [5.41, 5.74) is 23.7. The molecular weight excluding hydrogens is 555 g/mol. The molecule has 11 N–H and O–H groups in total. The van der Waals surface area contributed by atoms with Crippen LogP contribution >= 0.6 is 0 Å². The number of rotatable bonds is 18. The highest BCUT2D eigenvalue weighted by Crippen LogP contribution is 2.10. The molecule has 0 aliphatic rings. The van der Waals surface area contributed by atoms with Gasteiger partial charge in [0.15, 0.2) is 5.96 Å². The van der Waals surface area contributed by atoms with E-state index in [1.165, 1.54) is 24.3 Å². The maximum Gasteiger partial charge on any atom is 0.243 e. The fourth-order valence-electron chi connectivity index (χ4n) is 4.32. The lowest BCUT2D eigenvalue weighted by atomic mass is 10.0. The van der Waals surface area contributed by atoms with Crippen LogP contribution in [0.15, 0.2) is 59.6 Å². The molecule has 4 atom stereocenters. The second-order valence-electron chi connectivity index (χ2n) is 10.3. The molecule has 0 aliphatic heterocycles. The van der Waals surface area contributed by atoms with E-state index in [-0.39, 0.29) is 38.2 Å². The van der Waals surface area contributed by atoms with Crippen molar-refractivity contribution in [2.45, 2.75) is 76.0 Å². The van der Waals surface area contributed by atoms with Crippen molar-refractivity contribution in [3.05, 3.63) is 71.5 Å². The smallest absolute Gasteiger partial charge is 0.243 e. The van der Waals surface area contributed by atoms with Crippen molar-refractivity contribution < 1.29 is 23.6 Å². The Kier molecular flexibility index (Phi) is 14.6. The molecule has 2 rings (SSSR count). The Labute approximate surface area is 251 Å². The summed E-state index contributed by atoms with van der Waals surface area (Å²) >= 11 is 0. The normalized spacial score (nSPS) is 13.6. The number of nitrogens with one attached hydrogen (secondary N) is 3. The van der Waals surface area contributed by atoms with Crippen LogP contribution in [0.25, 0.3) is 0 Å². The zero-order valence-corrected chi connectivity index (χ0v) is 24.4. The number of carbonyl (C=O) groups excluding carboxylic acids is 4. The number of aliphatic imine (C=N–C) groups is 1. The SMILES string of the molecule is CCCC[C@@H](NC(=O)[C@@H](Cc1ccc(F)cc1)NC(=O)[C@H](N)Cc1ccccc1)C(=O)N[C@H](CCCN=C(N)N)C(N)=O. The molecule has 0 aliphatic carbocycles. The highest BCUT2D eigenvalue weighted by atomic mass is 19.1. The van der Waals surface area contributed by atoms with Crippen molar-refractivity contribution >= 4 is 29.6 Å². The lowest BCUT2D eigenvalue weighted by Gasteiger charge is -2.25. The Morgan fingerprint density at radius 3 is 1.91 bits per heavy atom. The monoisotopic (exact) mass is 598 g/mol. The Balaban J connectivity index is 2.19. The number of hydrogen-bond donors (Lipinski definition) is 7. The van der Waals surface area contributed by atoms with Crippen LogP contribution in [0.3, 0.4) is 0 Å². The Hall–Kier alpha value is -4.52. The van der Waals surface area contributed by atoms with Crippen LogP contribution < -0.4 is 38.9 Å². The molecule has 0 bridgehead atoms. The van der Waals surface area contributed by atoms with E-state index in [1.807, 2.05) is 37.3 Å². The van der Waals surface area contributed by atoms with Gasteiger partial charge in [-0.2, -0.15) is 0 Å². The number of carbonyl (C=O) groups is 4. The molecule has 43 heavy (non-hydrogen) atoms. The van der Waals surface area contributed by atoms with Crippen LogP contribution in [0, 0.1) is 5.82 Å². The molecule has 0 saturated carbocycles. The van der Waals surface area contributed by atoms with E-state index in [1.54, 1.807) is 0 Å². The fourth-order valence-corrected chi connectivity index (χ4v) is 4.32. The van der Waals surface area contributed by atoms with Gasteiger partial charge in [0.05, 0.1) is 6.04 Å². The number of nitrogens with two attached hydrogens (primary N) is 4. The standard InChI is InChI=1S/C30H43FN8O4/c1-2-3-10-24(28(42)37-23(26(33)40)11-7-16-36-30(34)35)38-29(43)25(18-20-12-14-21(31)15-13-20)39-27(41)22(32)17-19-8-5-4-6-9-19/h4-6,8-9,12-15,22-25H,2-3,7,10-11,16-18,32H2,1H3,(H2,33,40)(H,37,42)(H,38,43)(H,39,41)(H4,34,35,36)/t22-,23-,24-,25-/m1/s1. The van der Waals surface area contributed by atoms with Gasteiger partial charge in [-0.3, -0.25) is 24.2 Å². The van der Waals surface area contributed by atoms with Gasteiger partial charge in [0.1, 0.15) is 23.9 Å². The summed E-state index contributed by atoms with van der Waals surface area (Å²) in [6, 6.07) is 10.6. The second-order valence-corrected chi connectivity index (χ2v) is 10.3. The van der Waals surface area contributed by atoms with E-state index >= 15 is 0 Å². The van der Waals surface area contributed by atoms with Gasteiger partial charge in [-0.15, -0.1) is 0 Å². The summed E-state index contributed by atoms with van der Waals surface area (Å²) in [7, 11) is 0. The second kappa shape index (κ2) is 18.1. The first-order valence-electron chi connectivity index (χ1n) is 14.3. The number of halogens is 1. The fraction of sp³-hybridized carbons (Fsp3) is 0.433. The van der Waals surface area contributed by atoms with Crippen LogP contribution in [-0.2, 0) is 32.0 Å². The minimum Gasteiger partial charge on any atom is -0.370 e. The summed E-state index contributed by atoms with van der Waals surface area (Å²) < 4.78 is 13.5. The molecule has 4 amide bonds. The predicted molar refractivity (Wildman–Crippen MR) is 163 cm³/mol. The quantitative estimate of drug-likeness (QED) is 0.0713. The van der Waals surface area contributed by atoms with Crippen molar-refractivity contribution in [3.63, 3.8) is 0 Å². The van der Waals surface area contributed by atoms with Gasteiger partial charge >= 0.3 is 0 Å². The van der Waals surface area contributed by atoms with Gasteiger partial charge in [-0.1, -0.05) is 62.2 Å². The molecule has 13 heteroatoms. The molecule has 0 radical (unpaired) electrons. The summed E-state index contributed by atoms with van der Waals surface area (Å²) in [5.74, 6) is -3.07. The Morgan fingerprint density at radius 1 is 0.744 bits per heavy atom. The van der Waals surface area contributed by atoms with Crippen LogP contribution in [-0.4, -0.2) is 60.3 Å². The number of unbranched alkanes of at least 4 members (excludes halogenated alkanes) is 1. The molecule has 12 nitrogen and oxygen atoms in total. The van der Waals surface area contributed by atoms with Gasteiger partial charge in [-0.05, 0) is 48.9 Å². The molecular formula is C30H43FN8O4. The van der Waals surface area contributed by atoms with E-state index in [0.29, 0.717) is 18.4 Å². The Bertz CT molecular complexity index is 1220. The summed E-state index contributed by atoms with van der Waals surface area (Å²) in [4.78, 5) is 55.7. The van der Waals surface area contributed by atoms with Crippen LogP contribution in [0.4, 0.5) is 4.39 Å². The maximum atomic E-state index is 13.6. The zero-order valence-electron chi connectivity index (χ0n) is 24.4. The summed E-state index contributed by atoms with van der Waals surface area (Å²) in [6.45, 7) is 2.17. The first-order chi connectivity index (χ1) is 20.5. The first kappa shape index (κ1) is 34.7. The van der Waals surface area contributed by atoms with Crippen molar-refractivity contribution in [2.24, 2.45) is 27.9 Å². The highest BCUT2D eigenvalue weighted by molar-refractivity contribution is 5.94. The highest BCUT2D eigenvalue weighted by Gasteiger charge is 2.30. The molecule has 0 spiro atoms. The molecule has 234 valence electrons. The van der Waals surface area contributed by atoms with Gasteiger partial charge in [0.25, 0.3) is 0 Å². The largest absolute Gasteiger partial charge is 0.370 e. The van der Waals surface area contributed by atoms with Crippen molar-refractivity contribution in [3.8, 4) is 0 Å². The molecule has 0 fully saturated rings. The van der Waals surface area contributed by atoms with Crippen molar-refractivity contribution in [1.82, 2.24) is 16.0 Å². The lowest BCUT2D eigenvalue weighted by molar-refractivity contribution is -0.133. The van der Waals surface area contributed by atoms with Gasteiger partial charge < -0.3 is 38.9 Å². The van der Waals surface area contributed by atoms with E-state index in [2.05, 4.69) is 20.9 Å². The first-order valence-corrected chi connectivity index (χ1v) is 14.3. The zero-order chi connectivity index (χ0) is 31.8. The number of guanidine groups is 1. The number of hydrogen-bond acceptors (Lipinski definition) is 6. The van der Waals surface area contributed by atoms with E-state index in [0.717, 1.165) is 12.0 Å². The maximum absolute atomic E-state index is 13.6. The number of primary amides is 1. The third kappa shape index (κ3) is 12.9. The Morgan fingerprint density at radius 2 is 1.30 bits per heavy atom. The van der Waals surface area contributed by atoms with Gasteiger partial charge in [-0.25, -0.2) is 4.39 Å². The average Bonchev–Trinajstić information content (AvgIpc) is 2.97. The minimum atomic E-state index is -1.12. The summed E-state index contributed by atoms with van der Waals surface area (Å²) in [5, 5.41) is 8.02. The molecule has 0 heterocycles. The van der Waals surface area contributed by atoms with Crippen LogP contribution in [0.2, 0.25) is 0 Å².